The molecule has 2 aliphatic heterocycles. The van der Waals surface area contributed by atoms with Crippen LogP contribution in [-0.4, -0.2) is 57.6 Å². The molecule has 0 N–H and O–H groups in total. The van der Waals surface area contributed by atoms with Crippen molar-refractivity contribution in [2.75, 3.05) is 26.2 Å². The molecule has 0 spiro atoms. The summed E-state index contributed by atoms with van der Waals surface area (Å²) in [6.45, 7) is 2.66. The van der Waals surface area contributed by atoms with Crippen LogP contribution >= 0.6 is 0 Å². The first kappa shape index (κ1) is 15.0. The second-order valence-electron chi connectivity index (χ2n) is 6.40. The molecule has 0 saturated carbocycles. The number of furan rings is 1. The number of hydrogen-bond acceptors (Lipinski definition) is 4. The van der Waals surface area contributed by atoms with Gasteiger partial charge in [-0.2, -0.15) is 5.10 Å². The maximum atomic E-state index is 13.0. The van der Waals surface area contributed by atoms with Crippen molar-refractivity contribution in [3.63, 3.8) is 0 Å². The molecule has 24 heavy (non-hydrogen) atoms. The lowest BCUT2D eigenvalue weighted by molar-refractivity contribution is -0.147. The molecule has 2 aromatic rings. The minimum Gasteiger partial charge on any atom is -0.459 e. The third-order valence-corrected chi connectivity index (χ3v) is 5.09. The standard InChI is InChI=1S/C17H20N4O3/c22-15(14-4-1-13-24-14)19-11-5-17(6-12-19,21-10-2-7-18-21)16(23)20-8-3-9-20/h1-2,4,7,10,13H,3,5-6,8-9,11-12H2. The first-order valence-corrected chi connectivity index (χ1v) is 8.33. The highest BCUT2D eigenvalue weighted by atomic mass is 16.3. The molecule has 4 heterocycles. The Balaban J connectivity index is 1.55. The average molecular weight is 328 g/mol. The van der Waals surface area contributed by atoms with E-state index < -0.39 is 5.54 Å². The molecule has 0 aromatic carbocycles. The Labute approximate surface area is 139 Å². The van der Waals surface area contributed by atoms with Crippen LogP contribution in [0.25, 0.3) is 0 Å². The van der Waals surface area contributed by atoms with Crippen LogP contribution in [0.1, 0.15) is 29.8 Å². The van der Waals surface area contributed by atoms with Gasteiger partial charge >= 0.3 is 0 Å². The summed E-state index contributed by atoms with van der Waals surface area (Å²) in [4.78, 5) is 29.1. The van der Waals surface area contributed by atoms with E-state index in [1.54, 1.807) is 27.9 Å². The topological polar surface area (TPSA) is 71.6 Å². The number of aromatic nitrogens is 2. The number of amides is 2. The highest BCUT2D eigenvalue weighted by molar-refractivity contribution is 5.92. The molecule has 0 radical (unpaired) electrons. The van der Waals surface area contributed by atoms with Gasteiger partial charge in [-0.1, -0.05) is 0 Å². The van der Waals surface area contributed by atoms with Gasteiger partial charge in [-0.15, -0.1) is 0 Å². The Morgan fingerprint density at radius 2 is 1.88 bits per heavy atom. The van der Waals surface area contributed by atoms with Gasteiger partial charge in [0.1, 0.15) is 5.54 Å². The van der Waals surface area contributed by atoms with E-state index in [0.29, 0.717) is 31.7 Å². The number of carbonyl (C=O) groups is 2. The van der Waals surface area contributed by atoms with Crippen LogP contribution in [0, 0.1) is 0 Å². The molecular formula is C17H20N4O3. The minimum absolute atomic E-state index is 0.120. The van der Waals surface area contributed by atoms with E-state index in [0.717, 1.165) is 19.5 Å². The fraction of sp³-hybridized carbons (Fsp3) is 0.471. The highest BCUT2D eigenvalue weighted by Gasteiger charge is 2.47. The van der Waals surface area contributed by atoms with Crippen molar-refractivity contribution in [3.05, 3.63) is 42.6 Å². The van der Waals surface area contributed by atoms with Gasteiger partial charge in [-0.05, 0) is 37.5 Å². The first-order chi connectivity index (χ1) is 11.7. The maximum absolute atomic E-state index is 13.0. The van der Waals surface area contributed by atoms with E-state index in [9.17, 15) is 9.59 Å². The monoisotopic (exact) mass is 328 g/mol. The van der Waals surface area contributed by atoms with Crippen LogP contribution in [0.5, 0.6) is 0 Å². The summed E-state index contributed by atoms with van der Waals surface area (Å²) in [5.74, 6) is 0.351. The van der Waals surface area contributed by atoms with E-state index in [1.807, 2.05) is 17.2 Å². The Kier molecular flexibility index (Phi) is 3.63. The van der Waals surface area contributed by atoms with E-state index in [-0.39, 0.29) is 11.8 Å². The molecule has 0 bridgehead atoms. The summed E-state index contributed by atoms with van der Waals surface area (Å²) < 4.78 is 6.98. The molecule has 7 heteroatoms. The lowest BCUT2D eigenvalue weighted by Gasteiger charge is -2.45. The molecule has 2 aromatic heterocycles. The van der Waals surface area contributed by atoms with Gasteiger partial charge in [0.05, 0.1) is 6.26 Å². The van der Waals surface area contributed by atoms with Crippen molar-refractivity contribution in [1.29, 1.82) is 0 Å². The van der Waals surface area contributed by atoms with Gasteiger partial charge in [0.15, 0.2) is 5.76 Å². The van der Waals surface area contributed by atoms with Gasteiger partial charge in [0.25, 0.3) is 11.8 Å². The van der Waals surface area contributed by atoms with E-state index in [2.05, 4.69) is 5.10 Å². The second-order valence-corrected chi connectivity index (χ2v) is 6.40. The first-order valence-electron chi connectivity index (χ1n) is 8.33. The summed E-state index contributed by atoms with van der Waals surface area (Å²) in [7, 11) is 0. The predicted octanol–water partition coefficient (Wildman–Crippen LogP) is 1.34. The zero-order valence-electron chi connectivity index (χ0n) is 13.4. The largest absolute Gasteiger partial charge is 0.459 e. The summed E-state index contributed by atoms with van der Waals surface area (Å²) in [6.07, 6.45) is 7.24. The maximum Gasteiger partial charge on any atom is 0.289 e. The van der Waals surface area contributed by atoms with Gasteiger partial charge in [-0.3, -0.25) is 14.3 Å². The van der Waals surface area contributed by atoms with E-state index in [1.165, 1.54) is 6.26 Å². The molecule has 2 saturated heterocycles. The Bertz CT molecular complexity index is 711. The van der Waals surface area contributed by atoms with Crippen molar-refractivity contribution in [2.45, 2.75) is 24.8 Å². The molecular weight excluding hydrogens is 308 g/mol. The number of carbonyl (C=O) groups excluding carboxylic acids is 2. The van der Waals surface area contributed by atoms with Crippen LogP contribution in [0.15, 0.2) is 41.3 Å². The molecule has 2 amide bonds. The molecule has 0 aliphatic carbocycles. The third-order valence-electron chi connectivity index (χ3n) is 5.09. The van der Waals surface area contributed by atoms with E-state index in [4.69, 9.17) is 4.42 Å². The molecule has 2 fully saturated rings. The van der Waals surface area contributed by atoms with Crippen LogP contribution in [0.2, 0.25) is 0 Å². The van der Waals surface area contributed by atoms with Gasteiger partial charge in [-0.25, -0.2) is 0 Å². The molecule has 4 rings (SSSR count). The smallest absolute Gasteiger partial charge is 0.289 e. The van der Waals surface area contributed by atoms with Crippen LogP contribution < -0.4 is 0 Å². The normalized spacial score (nSPS) is 19.8. The van der Waals surface area contributed by atoms with Crippen molar-refractivity contribution in [3.8, 4) is 0 Å². The summed E-state index contributed by atoms with van der Waals surface area (Å²) in [6, 6.07) is 5.22. The number of likely N-dealkylation sites (tertiary alicyclic amines) is 2. The zero-order chi connectivity index (χ0) is 16.6. The van der Waals surface area contributed by atoms with Gasteiger partial charge in [0.2, 0.25) is 0 Å². The SMILES string of the molecule is O=C(c1ccco1)N1CCC(C(=O)N2CCC2)(n2cccn2)CC1. The Morgan fingerprint density at radius 1 is 1.08 bits per heavy atom. The number of hydrogen-bond donors (Lipinski definition) is 0. The van der Waals surface area contributed by atoms with Crippen molar-refractivity contribution in [1.82, 2.24) is 19.6 Å². The molecule has 2 aliphatic rings. The molecule has 7 nitrogen and oxygen atoms in total. The molecule has 0 atom stereocenters. The zero-order valence-corrected chi connectivity index (χ0v) is 13.4. The fourth-order valence-electron chi connectivity index (χ4n) is 3.51. The quantitative estimate of drug-likeness (QED) is 0.852. The predicted molar refractivity (Wildman–Crippen MR) is 85.2 cm³/mol. The fourth-order valence-corrected chi connectivity index (χ4v) is 3.51. The molecule has 0 unspecified atom stereocenters. The number of rotatable bonds is 3. The van der Waals surface area contributed by atoms with Crippen LogP contribution in [0.3, 0.4) is 0 Å². The Hall–Kier alpha value is -2.57. The van der Waals surface area contributed by atoms with Crippen molar-refractivity contribution >= 4 is 11.8 Å². The Morgan fingerprint density at radius 3 is 2.42 bits per heavy atom. The number of nitrogens with zero attached hydrogens (tertiary/aromatic N) is 4. The lowest BCUT2D eigenvalue weighted by atomic mass is 9.85. The minimum atomic E-state index is -0.677. The highest BCUT2D eigenvalue weighted by Crippen LogP contribution is 2.33. The van der Waals surface area contributed by atoms with Crippen molar-refractivity contribution in [2.24, 2.45) is 0 Å². The summed E-state index contributed by atoms with van der Waals surface area (Å²) >= 11 is 0. The van der Waals surface area contributed by atoms with Crippen LogP contribution in [-0.2, 0) is 10.3 Å². The number of piperidine rings is 1. The second kappa shape index (κ2) is 5.81. The van der Waals surface area contributed by atoms with Gasteiger partial charge in [0, 0.05) is 38.6 Å². The van der Waals surface area contributed by atoms with E-state index >= 15 is 0 Å². The summed E-state index contributed by atoms with van der Waals surface area (Å²) in [5, 5.41) is 4.34. The lowest BCUT2D eigenvalue weighted by Crippen LogP contribution is -2.59. The third kappa shape index (κ3) is 2.31. The van der Waals surface area contributed by atoms with Crippen molar-refractivity contribution < 1.29 is 14.0 Å². The average Bonchev–Trinajstić information content (AvgIpc) is 3.26. The van der Waals surface area contributed by atoms with Crippen LogP contribution in [0.4, 0.5) is 0 Å². The summed E-state index contributed by atoms with van der Waals surface area (Å²) in [5.41, 5.74) is -0.677. The van der Waals surface area contributed by atoms with Gasteiger partial charge < -0.3 is 14.2 Å². The molecule has 126 valence electrons.